The molecule has 1 rings (SSSR count). The Kier molecular flexibility index (Phi) is 4.35. The largest absolute Gasteiger partial charge is 0.323 e. The van der Waals surface area contributed by atoms with Crippen LogP contribution in [0.15, 0.2) is 22.7 Å². The van der Waals surface area contributed by atoms with Crippen molar-refractivity contribution in [3.8, 4) is 0 Å². The molecule has 0 aliphatic carbocycles. The second-order valence-corrected chi connectivity index (χ2v) is 5.17. The van der Waals surface area contributed by atoms with Gasteiger partial charge in [-0.3, -0.25) is 4.79 Å². The van der Waals surface area contributed by atoms with Crippen LogP contribution in [0.3, 0.4) is 0 Å². The molecule has 1 atom stereocenters. The molecular formula is C11H14BrClN2O. The van der Waals surface area contributed by atoms with Crippen molar-refractivity contribution in [1.29, 1.82) is 0 Å². The average Bonchev–Trinajstić information content (AvgIpc) is 2.23. The molecular weight excluding hydrogens is 291 g/mol. The normalized spacial score (nSPS) is 14.3. The van der Waals surface area contributed by atoms with Crippen LogP contribution in [0.5, 0.6) is 0 Å². The first kappa shape index (κ1) is 13.5. The fourth-order valence-corrected chi connectivity index (χ4v) is 1.54. The Labute approximate surface area is 108 Å². The maximum absolute atomic E-state index is 11.8. The van der Waals surface area contributed by atoms with Gasteiger partial charge in [-0.1, -0.05) is 34.5 Å². The van der Waals surface area contributed by atoms with Crippen LogP contribution in [0.25, 0.3) is 0 Å². The fraction of sp³-hybridized carbons (Fsp3) is 0.364. The minimum Gasteiger partial charge on any atom is -0.323 e. The van der Waals surface area contributed by atoms with Crippen LogP contribution >= 0.6 is 27.5 Å². The average molecular weight is 306 g/mol. The standard InChI is InChI=1S/C11H14BrClN2O/c1-3-11(2,14)10(16)15-9-6-7(12)4-5-8(9)13/h4-6H,3,14H2,1-2H3,(H,15,16). The van der Waals surface area contributed by atoms with E-state index in [0.29, 0.717) is 17.1 Å². The van der Waals surface area contributed by atoms with Crippen molar-refractivity contribution in [2.75, 3.05) is 5.32 Å². The molecule has 1 aromatic rings. The van der Waals surface area contributed by atoms with Crippen LogP contribution in [0.4, 0.5) is 5.69 Å². The van der Waals surface area contributed by atoms with Crippen molar-refractivity contribution < 1.29 is 4.79 Å². The highest BCUT2D eigenvalue weighted by molar-refractivity contribution is 9.10. The third-order valence-corrected chi connectivity index (χ3v) is 3.25. The van der Waals surface area contributed by atoms with Crippen LogP contribution in [-0.2, 0) is 4.79 Å². The molecule has 0 saturated carbocycles. The molecule has 0 radical (unpaired) electrons. The minimum absolute atomic E-state index is 0.241. The summed E-state index contributed by atoms with van der Waals surface area (Å²) in [6, 6.07) is 5.26. The van der Waals surface area contributed by atoms with E-state index in [9.17, 15) is 4.79 Å². The molecule has 1 amide bonds. The van der Waals surface area contributed by atoms with Crippen LogP contribution in [-0.4, -0.2) is 11.4 Å². The second-order valence-electron chi connectivity index (χ2n) is 3.85. The first-order valence-corrected chi connectivity index (χ1v) is 6.09. The van der Waals surface area contributed by atoms with E-state index >= 15 is 0 Å². The number of halogens is 2. The second kappa shape index (κ2) is 5.17. The summed E-state index contributed by atoms with van der Waals surface area (Å²) in [7, 11) is 0. The van der Waals surface area contributed by atoms with Crippen molar-refractivity contribution in [1.82, 2.24) is 0 Å². The highest BCUT2D eigenvalue weighted by Gasteiger charge is 2.26. The third-order valence-electron chi connectivity index (χ3n) is 2.43. The maximum Gasteiger partial charge on any atom is 0.244 e. The molecule has 0 aliphatic heterocycles. The van der Waals surface area contributed by atoms with Gasteiger partial charge in [0.2, 0.25) is 5.91 Å². The number of hydrogen-bond acceptors (Lipinski definition) is 2. The van der Waals surface area contributed by atoms with Gasteiger partial charge in [-0.05, 0) is 31.5 Å². The molecule has 0 aliphatic rings. The Morgan fingerprint density at radius 2 is 2.25 bits per heavy atom. The zero-order chi connectivity index (χ0) is 12.3. The van der Waals surface area contributed by atoms with Crippen LogP contribution < -0.4 is 11.1 Å². The molecule has 16 heavy (non-hydrogen) atoms. The van der Waals surface area contributed by atoms with Crippen molar-refractivity contribution >= 4 is 39.1 Å². The topological polar surface area (TPSA) is 55.1 Å². The van der Waals surface area contributed by atoms with E-state index in [-0.39, 0.29) is 5.91 Å². The summed E-state index contributed by atoms with van der Waals surface area (Å²) >= 11 is 9.27. The summed E-state index contributed by atoms with van der Waals surface area (Å²) in [5.41, 5.74) is 5.51. The van der Waals surface area contributed by atoms with Gasteiger partial charge in [-0.2, -0.15) is 0 Å². The summed E-state index contributed by atoms with van der Waals surface area (Å²) in [5, 5.41) is 3.21. The summed E-state index contributed by atoms with van der Waals surface area (Å²) in [6.45, 7) is 3.55. The number of amides is 1. The lowest BCUT2D eigenvalue weighted by atomic mass is 9.99. The number of anilines is 1. The molecule has 0 spiro atoms. The Bertz CT molecular complexity index is 407. The first-order valence-electron chi connectivity index (χ1n) is 4.92. The molecule has 3 N–H and O–H groups in total. The number of benzene rings is 1. The van der Waals surface area contributed by atoms with E-state index in [1.165, 1.54) is 0 Å². The van der Waals surface area contributed by atoms with Gasteiger partial charge in [0, 0.05) is 4.47 Å². The van der Waals surface area contributed by atoms with E-state index in [2.05, 4.69) is 21.2 Å². The molecule has 3 nitrogen and oxygen atoms in total. The quantitative estimate of drug-likeness (QED) is 0.901. The molecule has 88 valence electrons. The SMILES string of the molecule is CCC(C)(N)C(=O)Nc1cc(Br)ccc1Cl. The molecule has 5 heteroatoms. The van der Waals surface area contributed by atoms with Gasteiger partial charge in [0.05, 0.1) is 16.2 Å². The van der Waals surface area contributed by atoms with Gasteiger partial charge in [0.15, 0.2) is 0 Å². The number of rotatable bonds is 3. The van der Waals surface area contributed by atoms with Crippen LogP contribution in [0, 0.1) is 0 Å². The molecule has 0 saturated heterocycles. The lowest BCUT2D eigenvalue weighted by Crippen LogP contribution is -2.47. The van der Waals surface area contributed by atoms with Crippen molar-refractivity contribution in [3.05, 3.63) is 27.7 Å². The molecule has 0 fully saturated rings. The number of nitrogens with one attached hydrogen (secondary N) is 1. The van der Waals surface area contributed by atoms with Crippen molar-refractivity contribution in [2.45, 2.75) is 25.8 Å². The van der Waals surface area contributed by atoms with E-state index in [4.69, 9.17) is 17.3 Å². The van der Waals surface area contributed by atoms with Gasteiger partial charge >= 0.3 is 0 Å². The zero-order valence-corrected chi connectivity index (χ0v) is 11.5. The van der Waals surface area contributed by atoms with Gasteiger partial charge in [-0.25, -0.2) is 0 Å². The summed E-state index contributed by atoms with van der Waals surface area (Å²) in [6.07, 6.45) is 0.560. The Hall–Kier alpha value is -0.580. The van der Waals surface area contributed by atoms with Gasteiger partial charge in [0.25, 0.3) is 0 Å². The first-order chi connectivity index (χ1) is 7.36. The lowest BCUT2D eigenvalue weighted by Gasteiger charge is -2.21. The number of nitrogens with two attached hydrogens (primary N) is 1. The van der Waals surface area contributed by atoms with E-state index in [0.717, 1.165) is 4.47 Å². The molecule has 0 heterocycles. The molecule has 1 aromatic carbocycles. The number of hydrogen-bond donors (Lipinski definition) is 2. The predicted octanol–water partition coefficient (Wildman–Crippen LogP) is 3.17. The highest BCUT2D eigenvalue weighted by Crippen LogP contribution is 2.26. The Morgan fingerprint density at radius 3 is 2.81 bits per heavy atom. The fourth-order valence-electron chi connectivity index (χ4n) is 1.02. The number of carbonyl (C=O) groups excluding carboxylic acids is 1. The minimum atomic E-state index is -0.883. The smallest absolute Gasteiger partial charge is 0.244 e. The van der Waals surface area contributed by atoms with Gasteiger partial charge in [-0.15, -0.1) is 0 Å². The van der Waals surface area contributed by atoms with Crippen molar-refractivity contribution in [3.63, 3.8) is 0 Å². The maximum atomic E-state index is 11.8. The van der Waals surface area contributed by atoms with Crippen LogP contribution in [0.1, 0.15) is 20.3 Å². The third kappa shape index (κ3) is 3.20. The summed E-state index contributed by atoms with van der Waals surface area (Å²) in [4.78, 5) is 11.8. The van der Waals surface area contributed by atoms with E-state index in [1.807, 2.05) is 6.92 Å². The highest BCUT2D eigenvalue weighted by atomic mass is 79.9. The zero-order valence-electron chi connectivity index (χ0n) is 9.18. The summed E-state index contributed by atoms with van der Waals surface area (Å²) < 4.78 is 0.849. The van der Waals surface area contributed by atoms with Gasteiger partial charge in [0.1, 0.15) is 0 Å². The van der Waals surface area contributed by atoms with Gasteiger partial charge < -0.3 is 11.1 Å². The van der Waals surface area contributed by atoms with E-state index < -0.39 is 5.54 Å². The van der Waals surface area contributed by atoms with E-state index in [1.54, 1.807) is 25.1 Å². The molecule has 0 aromatic heterocycles. The molecule has 0 bridgehead atoms. The predicted molar refractivity (Wildman–Crippen MR) is 70.7 cm³/mol. The van der Waals surface area contributed by atoms with Crippen LogP contribution in [0.2, 0.25) is 5.02 Å². The lowest BCUT2D eigenvalue weighted by molar-refractivity contribution is -0.120. The molecule has 1 unspecified atom stereocenters. The van der Waals surface area contributed by atoms with Crippen molar-refractivity contribution in [2.24, 2.45) is 5.73 Å². The Morgan fingerprint density at radius 1 is 1.62 bits per heavy atom. The summed E-state index contributed by atoms with van der Waals surface area (Å²) in [5.74, 6) is -0.241. The number of carbonyl (C=O) groups is 1. The monoisotopic (exact) mass is 304 g/mol. The Balaban J connectivity index is 2.89.